The molecule has 14 nitrogen and oxygen atoms in total. The molecule has 0 aliphatic rings. The van der Waals surface area contributed by atoms with E-state index in [0.717, 1.165) is 34.0 Å². The Morgan fingerprint density at radius 2 is 0.587 bits per heavy atom. The molecular weight excluding hydrogens is 1540 g/mol. The van der Waals surface area contributed by atoms with Crippen LogP contribution in [0.25, 0.3) is 160 Å². The van der Waals surface area contributed by atoms with Crippen LogP contribution in [0.5, 0.6) is 0 Å². The number of imidazole rings is 2. The molecule has 0 fully saturated rings. The fourth-order valence-electron chi connectivity index (χ4n) is 19.3. The number of benzene rings is 11. The minimum Gasteiger partial charge on any atom is -0.363 e. The molecular formula is C112H124N14. The summed E-state index contributed by atoms with van der Waals surface area (Å²) in [6, 6.07) is 88.2. The van der Waals surface area contributed by atoms with Crippen LogP contribution in [0.15, 0.2) is 255 Å². The van der Waals surface area contributed by atoms with Crippen LogP contribution in [-0.4, -0.2) is 66.9 Å². The third kappa shape index (κ3) is 14.9. The molecule has 0 unspecified atom stereocenters. The maximum absolute atomic E-state index is 4.72. The molecule has 0 spiro atoms. The Morgan fingerprint density at radius 1 is 0.262 bits per heavy atom. The summed E-state index contributed by atoms with van der Waals surface area (Å²) in [5.74, 6) is 1.90. The molecule has 0 radical (unpaired) electrons. The number of aromatic nitrogens is 14. The Balaban J connectivity index is 0.000000129. The molecule has 642 valence electrons. The van der Waals surface area contributed by atoms with E-state index < -0.39 is 0 Å². The van der Waals surface area contributed by atoms with Crippen molar-refractivity contribution >= 4 is 132 Å². The van der Waals surface area contributed by atoms with Crippen molar-refractivity contribution in [2.75, 3.05) is 0 Å². The van der Waals surface area contributed by atoms with E-state index in [1.165, 1.54) is 222 Å². The number of fused-ring (bicyclic) bond motifs is 18. The highest BCUT2D eigenvalue weighted by atomic mass is 15.1. The first-order chi connectivity index (χ1) is 58.5. The number of nitrogens with zero attached hydrogens (tertiary/aromatic N) is 9. The normalized spacial score (nSPS) is 11.1. The van der Waals surface area contributed by atoms with Gasteiger partial charge in [0.25, 0.3) is 0 Å². The summed E-state index contributed by atoms with van der Waals surface area (Å²) >= 11 is 0. The van der Waals surface area contributed by atoms with Gasteiger partial charge in [-0.25, -0.2) is 9.97 Å². The summed E-state index contributed by atoms with van der Waals surface area (Å²) in [7, 11) is 4.28. The highest BCUT2D eigenvalue weighted by Crippen LogP contribution is 2.42. The summed E-state index contributed by atoms with van der Waals surface area (Å²) in [4.78, 5) is 26.6. The van der Waals surface area contributed by atoms with Crippen molar-refractivity contribution in [1.82, 2.24) is 66.9 Å². The number of hydrogen-bond acceptors (Lipinski definition) is 2. The van der Waals surface area contributed by atoms with Crippen LogP contribution >= 0.6 is 0 Å². The van der Waals surface area contributed by atoms with Gasteiger partial charge in [0.15, 0.2) is 11.3 Å². The van der Waals surface area contributed by atoms with Crippen LogP contribution in [0.3, 0.4) is 0 Å². The monoisotopic (exact) mass is 1670 g/mol. The van der Waals surface area contributed by atoms with Gasteiger partial charge < -0.3 is 43.2 Å². The van der Waals surface area contributed by atoms with Crippen molar-refractivity contribution in [3.05, 3.63) is 351 Å². The molecule has 14 heteroatoms. The molecule has 0 aliphatic carbocycles. The molecule has 23 aromatic rings. The van der Waals surface area contributed by atoms with Crippen molar-refractivity contribution < 1.29 is 0 Å². The topological polar surface area (TPSA) is 139 Å². The second-order valence-corrected chi connectivity index (χ2v) is 33.2. The van der Waals surface area contributed by atoms with Crippen molar-refractivity contribution in [3.63, 3.8) is 0 Å². The Kier molecular flexibility index (Phi) is 25.3. The van der Waals surface area contributed by atoms with E-state index in [9.17, 15) is 0 Å². The minimum absolute atomic E-state index is 0. The van der Waals surface area contributed by atoms with Gasteiger partial charge in [-0.05, 0) is 227 Å². The quantitative estimate of drug-likeness (QED) is 0.117. The predicted octanol–water partition coefficient (Wildman–Crippen LogP) is 30.4. The predicted molar refractivity (Wildman–Crippen MR) is 545 cm³/mol. The van der Waals surface area contributed by atoms with Gasteiger partial charge in [0.2, 0.25) is 0 Å². The smallest absolute Gasteiger partial charge is 0.164 e. The maximum Gasteiger partial charge on any atom is 0.164 e. The van der Waals surface area contributed by atoms with Crippen LogP contribution in [0, 0.1) is 118 Å². The molecule has 11 aromatic carbocycles. The lowest BCUT2D eigenvalue weighted by Gasteiger charge is -2.14. The molecule has 126 heavy (non-hydrogen) atoms. The molecule has 0 atom stereocenters. The van der Waals surface area contributed by atoms with Crippen molar-refractivity contribution in [2.45, 2.75) is 155 Å². The summed E-state index contributed by atoms with van der Waals surface area (Å²) in [6.45, 7) is 36.5. The zero-order valence-electron chi connectivity index (χ0n) is 72.8. The number of aryl methyl sites for hydroxylation is 18. The van der Waals surface area contributed by atoms with Gasteiger partial charge in [0, 0.05) is 91.5 Å². The molecule has 0 amide bonds. The van der Waals surface area contributed by atoms with Crippen LogP contribution in [0.1, 0.15) is 133 Å². The van der Waals surface area contributed by atoms with Crippen LogP contribution in [0.2, 0.25) is 0 Å². The van der Waals surface area contributed by atoms with Gasteiger partial charge in [-0.1, -0.05) is 237 Å². The maximum atomic E-state index is 4.72. The summed E-state index contributed by atoms with van der Waals surface area (Å²) in [6.07, 6.45) is 2.12. The summed E-state index contributed by atoms with van der Waals surface area (Å²) in [5, 5.41) is 11.7. The first kappa shape index (κ1) is 89.5. The van der Waals surface area contributed by atoms with Crippen molar-refractivity contribution in [1.29, 1.82) is 0 Å². The molecule has 0 aliphatic heterocycles. The molecule has 23 rings (SSSR count). The first-order valence-electron chi connectivity index (χ1n) is 42.0. The summed E-state index contributed by atoms with van der Waals surface area (Å²) in [5.41, 5.74) is 43.6. The fourth-order valence-corrected chi connectivity index (χ4v) is 19.3. The average Bonchev–Trinajstić information content (AvgIpc) is 1.59. The van der Waals surface area contributed by atoms with Gasteiger partial charge >= 0.3 is 0 Å². The lowest BCUT2D eigenvalue weighted by Crippen LogP contribution is -2.00. The summed E-state index contributed by atoms with van der Waals surface area (Å²) < 4.78 is 16.3. The fraction of sp³-hybridized carbons (Fsp3) is 0.214. The minimum atomic E-state index is 0. The number of para-hydroxylation sites is 11. The molecule has 0 bridgehead atoms. The number of aromatic amines is 5. The van der Waals surface area contributed by atoms with E-state index in [1.54, 1.807) is 0 Å². The van der Waals surface area contributed by atoms with E-state index >= 15 is 0 Å². The third-order valence-electron chi connectivity index (χ3n) is 24.9. The number of hydrogen-bond donors (Lipinski definition) is 5. The van der Waals surface area contributed by atoms with E-state index in [-0.39, 0.29) is 37.1 Å². The highest BCUT2D eigenvalue weighted by molar-refractivity contribution is 6.13. The SMILES string of the molecule is C.C.C.C.C.Cc1c(C)n(C)c2c1c1ccccc1n2C.Cc1cc2c([nH]1)c1ccccc1n2-c1c(C)cccc1C.Cc1cc2c3ccccc3n(-c3c(C)cccc3C)c2[nH]1.Cc1cccc(C)c1-n1c2ccccc2c2c[nH]c(C)c21.Cc1nc2c([nH]1)c1ccccc1n2-c1c(C)cccc1C.Cc1nc2c([nH]1)c1ccccc1n2-c1c(C)cccc1C. The zero-order valence-corrected chi connectivity index (χ0v) is 72.8. The van der Waals surface area contributed by atoms with Crippen LogP contribution in [-0.2, 0) is 14.1 Å². The standard InChI is InChI=1S/3C19H18N2.2C18H17N3.C14H16N2.5CH4/c1-12-7-6-8-13(2)18(12)21-17-10-5-4-9-15(17)16-11-20-14(3)19(16)21;1-12-7-6-8-13(2)18(12)21-17-10-5-4-9-15(17)16-11-14(3)20-19(16)21;1-12-7-6-8-13(2)19(12)21-16-10-5-4-9-15(16)18-17(21)11-14(3)20-18;2*1-11-7-6-8-12(2)17(11)21-15-10-5-4-9-14(15)16-18(21)20-13(3)19-16;1-9-10(2)15(3)14-13(9)11-7-5-6-8-12(11)16(14)4;;;;;/h3*4-11,20H,1-3H3;2*4-10H,1-3H3,(H,19,20);5-8H,1-4H3;5*1H4. The molecule has 5 N–H and O–H groups in total. The van der Waals surface area contributed by atoms with Gasteiger partial charge in [-0.15, -0.1) is 0 Å². The molecule has 12 aromatic heterocycles. The molecule has 12 heterocycles. The lowest BCUT2D eigenvalue weighted by atomic mass is 10.1. The van der Waals surface area contributed by atoms with Crippen LogP contribution in [0.4, 0.5) is 0 Å². The van der Waals surface area contributed by atoms with E-state index in [4.69, 9.17) is 9.97 Å². The van der Waals surface area contributed by atoms with Gasteiger partial charge in [0.05, 0.1) is 89.1 Å². The second kappa shape index (κ2) is 35.5. The lowest BCUT2D eigenvalue weighted by molar-refractivity contribution is 0.852. The van der Waals surface area contributed by atoms with E-state index in [1.807, 2.05) is 13.8 Å². The largest absolute Gasteiger partial charge is 0.363 e. The van der Waals surface area contributed by atoms with Crippen molar-refractivity contribution in [2.24, 2.45) is 14.1 Å². The third-order valence-corrected chi connectivity index (χ3v) is 24.9. The molecule has 0 saturated carbocycles. The van der Waals surface area contributed by atoms with Crippen molar-refractivity contribution in [3.8, 4) is 28.4 Å². The Hall–Kier alpha value is -14.2. The van der Waals surface area contributed by atoms with Gasteiger partial charge in [-0.3, -0.25) is 13.7 Å². The zero-order chi connectivity index (χ0) is 84.2. The highest BCUT2D eigenvalue weighted by Gasteiger charge is 2.24. The number of H-pyrrole nitrogens is 5. The van der Waals surface area contributed by atoms with E-state index in [0.29, 0.717) is 0 Å². The number of rotatable bonds is 5. The Morgan fingerprint density at radius 3 is 1.02 bits per heavy atom. The Bertz CT molecular complexity index is 7200. The number of nitrogens with one attached hydrogen (secondary N) is 5. The second-order valence-electron chi connectivity index (χ2n) is 33.2. The first-order valence-corrected chi connectivity index (χ1v) is 42.0. The average molecular weight is 1670 g/mol. The van der Waals surface area contributed by atoms with Gasteiger partial charge in [-0.2, -0.15) is 0 Å². The Labute approximate surface area is 741 Å². The molecule has 0 saturated heterocycles. The van der Waals surface area contributed by atoms with E-state index in [2.05, 4.69) is 430 Å². The van der Waals surface area contributed by atoms with Crippen LogP contribution < -0.4 is 0 Å². The van der Waals surface area contributed by atoms with Gasteiger partial charge in [0.1, 0.15) is 22.9 Å².